The minimum absolute atomic E-state index is 0.0612. The van der Waals surface area contributed by atoms with Crippen LogP contribution in [0.15, 0.2) is 60.8 Å². The van der Waals surface area contributed by atoms with Gasteiger partial charge in [-0.15, -0.1) is 0 Å². The number of allylic oxidation sites excluding steroid dienone is 10. The smallest absolute Gasteiger partial charge is 0.306 e. The van der Waals surface area contributed by atoms with E-state index in [0.717, 1.165) is 70.6 Å². The lowest BCUT2D eigenvalue weighted by molar-refractivity contribution is -0.151. The zero-order valence-electron chi connectivity index (χ0n) is 39.6. The van der Waals surface area contributed by atoms with Crippen LogP contribution in [0.4, 0.5) is 0 Å². The maximum absolute atomic E-state index is 13.2. The van der Waals surface area contributed by atoms with Gasteiger partial charge in [0.25, 0.3) is 0 Å². The fraction of sp³-hybridized carbons (Fsp3) is 0.778. The molecule has 6 nitrogen and oxygen atoms in total. The number of unbranched alkanes of at least 4 members (excludes halogenated alkanes) is 27. The summed E-state index contributed by atoms with van der Waals surface area (Å²) in [6.45, 7) is 6.33. The van der Waals surface area contributed by atoms with Gasteiger partial charge in [-0.2, -0.15) is 0 Å². The molecule has 0 radical (unpaired) electrons. The summed E-state index contributed by atoms with van der Waals surface area (Å²) in [6, 6.07) is -0.709. The lowest BCUT2D eigenvalue weighted by atomic mass is 10.0. The second-order valence-corrected chi connectivity index (χ2v) is 17.3. The molecule has 3 unspecified atom stereocenters. The van der Waals surface area contributed by atoms with Gasteiger partial charge in [0, 0.05) is 6.42 Å². The Balaban J connectivity index is 4.66. The standard InChI is InChI=1S/C54H97NO5/c1-4-7-10-13-16-19-22-24-26-28-31-33-36-39-42-45-50(60-54(59)47-44-41-38-35-32-29-27-25-23-20-17-14-11-8-5-2)48-53(58)55-51(49-56)52(57)46-43-40-37-34-30-21-18-15-12-9-6-3/h8,11,14,17,20,23,25,27,29,32,50-52,56-57H,4-7,9-10,12-13,15-16,18-19,21-22,24,26,28,30-31,33-49H2,1-3H3,(H,55,58)/b11-8+,17-14+,23-20-,27-25-,32-29+. The number of hydrogen-bond donors (Lipinski definition) is 3. The van der Waals surface area contributed by atoms with Crippen LogP contribution < -0.4 is 5.32 Å². The van der Waals surface area contributed by atoms with Gasteiger partial charge in [-0.3, -0.25) is 9.59 Å². The zero-order chi connectivity index (χ0) is 43.8. The van der Waals surface area contributed by atoms with E-state index in [9.17, 15) is 19.8 Å². The summed E-state index contributed by atoms with van der Waals surface area (Å²) in [7, 11) is 0. The van der Waals surface area contributed by atoms with Crippen molar-refractivity contribution in [3.8, 4) is 0 Å². The Bertz CT molecular complexity index is 1080. The van der Waals surface area contributed by atoms with Gasteiger partial charge in [0.1, 0.15) is 6.10 Å². The number of amides is 1. The first-order valence-corrected chi connectivity index (χ1v) is 25.6. The van der Waals surface area contributed by atoms with Gasteiger partial charge >= 0.3 is 5.97 Å². The molecule has 60 heavy (non-hydrogen) atoms. The number of rotatable bonds is 45. The molecule has 3 atom stereocenters. The first-order chi connectivity index (χ1) is 29.5. The quantitative estimate of drug-likeness (QED) is 0.0322. The summed E-state index contributed by atoms with van der Waals surface area (Å²) in [5.41, 5.74) is 0. The van der Waals surface area contributed by atoms with Crippen LogP contribution in [0.3, 0.4) is 0 Å². The van der Waals surface area contributed by atoms with Gasteiger partial charge in [-0.05, 0) is 44.9 Å². The van der Waals surface area contributed by atoms with Crippen molar-refractivity contribution in [2.24, 2.45) is 0 Å². The van der Waals surface area contributed by atoms with Gasteiger partial charge < -0.3 is 20.3 Å². The molecule has 0 rings (SSSR count). The summed E-state index contributed by atoms with van der Waals surface area (Å²) < 4.78 is 5.92. The van der Waals surface area contributed by atoms with E-state index in [1.54, 1.807) is 0 Å². The Labute approximate surface area is 371 Å². The third-order valence-electron chi connectivity index (χ3n) is 11.5. The van der Waals surface area contributed by atoms with Crippen LogP contribution in [0.2, 0.25) is 0 Å². The molecule has 0 aliphatic rings. The van der Waals surface area contributed by atoms with Crippen molar-refractivity contribution in [3.05, 3.63) is 60.8 Å². The highest BCUT2D eigenvalue weighted by atomic mass is 16.5. The third kappa shape index (κ3) is 42.3. The average molecular weight is 840 g/mol. The normalized spacial score (nSPS) is 13.8. The first-order valence-electron chi connectivity index (χ1n) is 25.6. The van der Waals surface area contributed by atoms with E-state index in [0.29, 0.717) is 19.3 Å². The third-order valence-corrected chi connectivity index (χ3v) is 11.5. The topological polar surface area (TPSA) is 95.9 Å². The second kappa shape index (κ2) is 47.6. The Kier molecular flexibility index (Phi) is 45.7. The van der Waals surface area contributed by atoms with Crippen molar-refractivity contribution >= 4 is 11.9 Å². The molecule has 1 amide bonds. The zero-order valence-corrected chi connectivity index (χ0v) is 39.6. The van der Waals surface area contributed by atoms with Crippen molar-refractivity contribution in [1.29, 1.82) is 0 Å². The maximum Gasteiger partial charge on any atom is 0.306 e. The van der Waals surface area contributed by atoms with Gasteiger partial charge in [0.05, 0.1) is 25.2 Å². The fourth-order valence-corrected chi connectivity index (χ4v) is 7.63. The molecular formula is C54H97NO5. The molecule has 0 fully saturated rings. The van der Waals surface area contributed by atoms with E-state index >= 15 is 0 Å². The molecule has 0 heterocycles. The van der Waals surface area contributed by atoms with Crippen molar-refractivity contribution in [2.45, 2.75) is 264 Å². The van der Waals surface area contributed by atoms with Crippen molar-refractivity contribution in [2.75, 3.05) is 6.61 Å². The number of ether oxygens (including phenoxy) is 1. The maximum atomic E-state index is 13.2. The van der Waals surface area contributed by atoms with Crippen LogP contribution in [0.1, 0.15) is 245 Å². The monoisotopic (exact) mass is 840 g/mol. The van der Waals surface area contributed by atoms with Crippen LogP contribution >= 0.6 is 0 Å². The lowest BCUT2D eigenvalue weighted by Crippen LogP contribution is -2.46. The molecule has 0 spiro atoms. The molecule has 0 aliphatic heterocycles. The van der Waals surface area contributed by atoms with E-state index in [1.807, 2.05) is 36.5 Å². The number of nitrogens with one attached hydrogen (secondary N) is 1. The van der Waals surface area contributed by atoms with Gasteiger partial charge in [-0.1, -0.05) is 248 Å². The minimum atomic E-state index is -0.794. The lowest BCUT2D eigenvalue weighted by Gasteiger charge is -2.24. The largest absolute Gasteiger partial charge is 0.462 e. The molecule has 0 aromatic carbocycles. The molecule has 0 aliphatic carbocycles. The van der Waals surface area contributed by atoms with E-state index < -0.39 is 18.2 Å². The van der Waals surface area contributed by atoms with Crippen molar-refractivity contribution < 1.29 is 24.5 Å². The highest BCUT2D eigenvalue weighted by Crippen LogP contribution is 2.18. The number of aliphatic hydroxyl groups is 2. The summed E-state index contributed by atoms with van der Waals surface area (Å²) in [5, 5.41) is 23.7. The molecular weight excluding hydrogens is 743 g/mol. The van der Waals surface area contributed by atoms with Crippen LogP contribution in [-0.4, -0.2) is 46.9 Å². The van der Waals surface area contributed by atoms with Crippen LogP contribution in [0.5, 0.6) is 0 Å². The molecule has 0 saturated heterocycles. The number of hydrogen-bond acceptors (Lipinski definition) is 5. The predicted octanol–water partition coefficient (Wildman–Crippen LogP) is 15.2. The highest BCUT2D eigenvalue weighted by Gasteiger charge is 2.24. The van der Waals surface area contributed by atoms with Crippen LogP contribution in [-0.2, 0) is 14.3 Å². The minimum Gasteiger partial charge on any atom is -0.462 e. The van der Waals surface area contributed by atoms with Gasteiger partial charge in [0.15, 0.2) is 0 Å². The second-order valence-electron chi connectivity index (χ2n) is 17.3. The predicted molar refractivity (Wildman–Crippen MR) is 259 cm³/mol. The van der Waals surface area contributed by atoms with Crippen LogP contribution in [0.25, 0.3) is 0 Å². The van der Waals surface area contributed by atoms with E-state index in [4.69, 9.17) is 4.74 Å². The summed E-state index contributed by atoms with van der Waals surface area (Å²) in [6.07, 6.45) is 58.5. The molecule has 3 N–H and O–H groups in total. The number of aliphatic hydroxyl groups excluding tert-OH is 2. The Hall–Kier alpha value is -2.44. The molecule has 0 aromatic heterocycles. The first kappa shape index (κ1) is 57.6. The number of esters is 1. The number of carbonyl (C=O) groups is 2. The molecule has 348 valence electrons. The number of carbonyl (C=O) groups excluding carboxylic acids is 2. The SMILES string of the molecule is CC/C=C/C=C/C=C\C=C/C=C/CCCCCC(=O)OC(CCCCCCCCCCCCCCCCC)CC(=O)NC(CO)C(O)CCCCCCCCCCCCC. The molecule has 0 bridgehead atoms. The molecule has 6 heteroatoms. The van der Waals surface area contributed by atoms with Gasteiger partial charge in [-0.25, -0.2) is 0 Å². The van der Waals surface area contributed by atoms with E-state index in [1.165, 1.54) is 128 Å². The molecule has 0 aromatic rings. The van der Waals surface area contributed by atoms with E-state index in [2.05, 4.69) is 50.4 Å². The van der Waals surface area contributed by atoms with Gasteiger partial charge in [0.2, 0.25) is 5.91 Å². The Morgan fingerprint density at radius 2 is 0.900 bits per heavy atom. The summed E-state index contributed by atoms with van der Waals surface area (Å²) in [5.74, 6) is -0.517. The van der Waals surface area contributed by atoms with E-state index in [-0.39, 0.29) is 24.9 Å². The van der Waals surface area contributed by atoms with Crippen molar-refractivity contribution in [1.82, 2.24) is 5.32 Å². The fourth-order valence-electron chi connectivity index (χ4n) is 7.63. The van der Waals surface area contributed by atoms with Crippen molar-refractivity contribution in [3.63, 3.8) is 0 Å². The highest BCUT2D eigenvalue weighted by molar-refractivity contribution is 5.77. The Morgan fingerprint density at radius 1 is 0.500 bits per heavy atom. The molecule has 0 saturated carbocycles. The Morgan fingerprint density at radius 3 is 1.35 bits per heavy atom. The summed E-state index contributed by atoms with van der Waals surface area (Å²) >= 11 is 0. The van der Waals surface area contributed by atoms with Crippen LogP contribution in [0, 0.1) is 0 Å². The average Bonchev–Trinajstić information content (AvgIpc) is 3.24. The summed E-state index contributed by atoms with van der Waals surface area (Å²) in [4.78, 5) is 26.1.